The molecule has 3 N–H and O–H groups in total. The fourth-order valence-electron chi connectivity index (χ4n) is 2.69. The number of aryl methyl sites for hydroxylation is 2. The average Bonchev–Trinajstić information content (AvgIpc) is 2.71. The summed E-state index contributed by atoms with van der Waals surface area (Å²) in [5, 5.41) is 8.99. The average molecular weight is 452 g/mol. The molecule has 0 fully saturated rings. The number of hydrogen-bond acceptors (Lipinski definition) is 8. The van der Waals surface area contributed by atoms with Crippen LogP contribution >= 0.6 is 0 Å². The van der Waals surface area contributed by atoms with Crippen molar-refractivity contribution in [1.82, 2.24) is 0 Å². The van der Waals surface area contributed by atoms with Crippen LogP contribution in [0.25, 0.3) is 0 Å². The Morgan fingerprint density at radius 1 is 0.750 bits per heavy atom. The van der Waals surface area contributed by atoms with E-state index in [9.17, 15) is 14.4 Å². The van der Waals surface area contributed by atoms with Crippen molar-refractivity contribution in [2.24, 2.45) is 0 Å². The van der Waals surface area contributed by atoms with Gasteiger partial charge in [0.05, 0.1) is 50.8 Å². The minimum Gasteiger partial charge on any atom is -0.497 e. The van der Waals surface area contributed by atoms with Gasteiger partial charge in [0.2, 0.25) is 0 Å². The summed E-state index contributed by atoms with van der Waals surface area (Å²) in [5.74, 6) is -1.27. The second kappa shape index (κ2) is 13.5. The lowest BCUT2D eigenvalue weighted by molar-refractivity contribution is 0.0580. The third-order valence-electron chi connectivity index (χ3n) is 4.13. The predicted molar refractivity (Wildman–Crippen MR) is 123 cm³/mol. The van der Waals surface area contributed by atoms with Crippen LogP contribution in [0.3, 0.4) is 0 Å². The first kappa shape index (κ1) is 30.4. The van der Waals surface area contributed by atoms with Crippen LogP contribution in [0.15, 0.2) is 24.3 Å². The van der Waals surface area contributed by atoms with Gasteiger partial charge in [-0.2, -0.15) is 0 Å². The molecule has 0 unspecified atom stereocenters. The number of carboxylic acids is 1. The highest BCUT2D eigenvalue weighted by Crippen LogP contribution is 2.25. The molecule has 0 aliphatic rings. The third kappa shape index (κ3) is 7.19. The summed E-state index contributed by atoms with van der Waals surface area (Å²) >= 11 is 0. The van der Waals surface area contributed by atoms with Crippen molar-refractivity contribution in [1.29, 1.82) is 0 Å². The zero-order valence-corrected chi connectivity index (χ0v) is 17.7. The normalized spacial score (nSPS) is 9.06. The van der Waals surface area contributed by atoms with Gasteiger partial charge in [-0.25, -0.2) is 14.4 Å². The number of nitrogens with two attached hydrogens (primary N) is 1. The molecule has 2 aromatic rings. The van der Waals surface area contributed by atoms with Gasteiger partial charge in [0.25, 0.3) is 0 Å². The van der Waals surface area contributed by atoms with Crippen LogP contribution in [-0.4, -0.2) is 51.5 Å². The van der Waals surface area contributed by atoms with E-state index < -0.39 is 17.9 Å². The minimum absolute atomic E-state index is 0. The van der Waals surface area contributed by atoms with Crippen molar-refractivity contribution < 1.29 is 38.4 Å². The van der Waals surface area contributed by atoms with Crippen LogP contribution < -0.4 is 15.2 Å². The first-order valence-electron chi connectivity index (χ1n) is 8.63. The van der Waals surface area contributed by atoms with E-state index in [0.29, 0.717) is 28.3 Å². The highest BCUT2D eigenvalue weighted by Gasteiger charge is 2.21. The largest absolute Gasteiger partial charge is 0.497 e. The summed E-state index contributed by atoms with van der Waals surface area (Å²) in [5.41, 5.74) is 7.64. The number of ether oxygens (including phenoxy) is 4. The molecule has 0 radical (unpaired) electrons. The van der Waals surface area contributed by atoms with Crippen LogP contribution in [0.1, 0.15) is 57.1 Å². The molecule has 0 bridgehead atoms. The molecule has 0 amide bonds. The van der Waals surface area contributed by atoms with E-state index in [-0.39, 0.29) is 26.0 Å². The van der Waals surface area contributed by atoms with E-state index in [0.717, 1.165) is 5.56 Å². The van der Waals surface area contributed by atoms with Gasteiger partial charge in [-0.3, -0.25) is 0 Å². The van der Waals surface area contributed by atoms with Crippen LogP contribution in [0.5, 0.6) is 11.5 Å². The van der Waals surface area contributed by atoms with Gasteiger partial charge in [0, 0.05) is 6.07 Å². The van der Waals surface area contributed by atoms with E-state index in [1.54, 1.807) is 39.2 Å². The van der Waals surface area contributed by atoms with Gasteiger partial charge in [0.1, 0.15) is 11.5 Å². The predicted octanol–water partition coefficient (Wildman–Crippen LogP) is 4.13. The van der Waals surface area contributed by atoms with Gasteiger partial charge >= 0.3 is 17.9 Å². The molecule has 0 aliphatic carbocycles. The van der Waals surface area contributed by atoms with Crippen LogP contribution in [0.2, 0.25) is 0 Å². The Hall–Kier alpha value is -3.75. The maximum Gasteiger partial charge on any atom is 0.340 e. The number of carboxylic acid groups (broad SMARTS) is 1. The van der Waals surface area contributed by atoms with E-state index in [2.05, 4.69) is 9.47 Å². The van der Waals surface area contributed by atoms with Gasteiger partial charge in [0.15, 0.2) is 0 Å². The molecule has 9 heteroatoms. The molecule has 0 spiro atoms. The number of rotatable bonds is 5. The van der Waals surface area contributed by atoms with Crippen LogP contribution in [-0.2, 0) is 9.47 Å². The number of hydrogen-bond donors (Lipinski definition) is 2. The van der Waals surface area contributed by atoms with Gasteiger partial charge in [-0.05, 0) is 43.2 Å². The second-order valence-corrected chi connectivity index (χ2v) is 6.06. The molecule has 2 rings (SSSR count). The Bertz CT molecular complexity index is 930. The van der Waals surface area contributed by atoms with E-state index in [1.165, 1.54) is 27.4 Å². The molecule has 0 heterocycles. The lowest BCUT2D eigenvalue weighted by atomic mass is 10.0. The summed E-state index contributed by atoms with van der Waals surface area (Å²) in [6, 6.07) is 6.21. The summed E-state index contributed by atoms with van der Waals surface area (Å²) in [4.78, 5) is 33.7. The van der Waals surface area contributed by atoms with Crippen molar-refractivity contribution in [3.8, 4) is 11.5 Å². The number of carbonyl (C=O) groups excluding carboxylic acids is 2. The van der Waals surface area contributed by atoms with Gasteiger partial charge in [-0.1, -0.05) is 14.9 Å². The van der Waals surface area contributed by atoms with Crippen molar-refractivity contribution in [3.63, 3.8) is 0 Å². The molecule has 0 saturated heterocycles. The van der Waals surface area contributed by atoms with Gasteiger partial charge in [-0.15, -0.1) is 0 Å². The summed E-state index contributed by atoms with van der Waals surface area (Å²) in [7, 11) is 5.51. The third-order valence-corrected chi connectivity index (χ3v) is 4.13. The van der Waals surface area contributed by atoms with E-state index in [1.807, 2.05) is 0 Å². The monoisotopic (exact) mass is 451 g/mol. The zero-order valence-electron chi connectivity index (χ0n) is 17.7. The topological polar surface area (TPSA) is 134 Å². The highest BCUT2D eigenvalue weighted by molar-refractivity contribution is 6.03. The van der Waals surface area contributed by atoms with Crippen LogP contribution in [0.4, 0.5) is 5.69 Å². The van der Waals surface area contributed by atoms with Gasteiger partial charge < -0.3 is 29.8 Å². The molecule has 0 aromatic heterocycles. The number of anilines is 1. The SMILES string of the molecule is C.C.COC(=O)c1c(C)cc(OC)cc1C(=O)O.COC(=O)c1c(C)cc(OC)cc1N. The molecule has 2 aromatic carbocycles. The summed E-state index contributed by atoms with van der Waals surface area (Å²) in [6.07, 6.45) is 0. The molecule has 178 valence electrons. The zero-order chi connectivity index (χ0) is 23.0. The number of esters is 2. The Labute approximate surface area is 189 Å². The number of carbonyl (C=O) groups is 3. The fraction of sp³-hybridized carbons (Fsp3) is 0.348. The lowest BCUT2D eigenvalue weighted by Crippen LogP contribution is -2.12. The molecule has 32 heavy (non-hydrogen) atoms. The molecule has 0 aliphatic heterocycles. The van der Waals surface area contributed by atoms with Crippen molar-refractivity contribution in [2.45, 2.75) is 28.7 Å². The van der Waals surface area contributed by atoms with Crippen molar-refractivity contribution in [2.75, 3.05) is 34.2 Å². The molecule has 0 atom stereocenters. The summed E-state index contributed by atoms with van der Waals surface area (Å²) < 4.78 is 19.1. The summed E-state index contributed by atoms with van der Waals surface area (Å²) in [6.45, 7) is 3.41. The number of benzene rings is 2. The Kier molecular flexibility index (Phi) is 12.9. The van der Waals surface area contributed by atoms with Crippen molar-refractivity contribution in [3.05, 3.63) is 52.1 Å². The lowest BCUT2D eigenvalue weighted by Gasteiger charge is -2.10. The molecule has 9 nitrogen and oxygen atoms in total. The molecular formula is C23H33NO8. The van der Waals surface area contributed by atoms with E-state index >= 15 is 0 Å². The Morgan fingerprint density at radius 3 is 1.53 bits per heavy atom. The Balaban J connectivity index is 0. The second-order valence-electron chi connectivity index (χ2n) is 6.06. The molecular weight excluding hydrogens is 418 g/mol. The maximum atomic E-state index is 11.4. The quantitative estimate of drug-likeness (QED) is 0.508. The minimum atomic E-state index is -1.19. The fourth-order valence-corrected chi connectivity index (χ4v) is 2.69. The highest BCUT2D eigenvalue weighted by atomic mass is 16.5. The number of aromatic carboxylic acids is 1. The number of nitrogen functional groups attached to an aromatic ring is 1. The first-order chi connectivity index (χ1) is 14.1. The number of methoxy groups -OCH3 is 4. The van der Waals surface area contributed by atoms with Crippen molar-refractivity contribution >= 4 is 23.6 Å². The smallest absolute Gasteiger partial charge is 0.340 e. The standard InChI is InChI=1S/C11H12O5.C10H13NO3.2CH4/c1-6-4-7(15-2)5-8(10(12)13)9(6)11(14)16-3;1-6-4-7(13-2)5-8(11)9(6)10(12)14-3;;/h4-5H,1-3H3,(H,12,13);4-5H,11H2,1-3H3;2*1H4. The maximum absolute atomic E-state index is 11.4. The van der Waals surface area contributed by atoms with Crippen LogP contribution in [0, 0.1) is 13.8 Å². The first-order valence-corrected chi connectivity index (χ1v) is 8.63. The molecule has 0 saturated carbocycles. The Morgan fingerprint density at radius 2 is 1.16 bits per heavy atom. The van der Waals surface area contributed by atoms with E-state index in [4.69, 9.17) is 20.3 Å².